The van der Waals surface area contributed by atoms with Crippen molar-refractivity contribution in [1.29, 1.82) is 0 Å². The maximum atomic E-state index is 13.0. The van der Waals surface area contributed by atoms with E-state index in [1.807, 2.05) is 0 Å². The van der Waals surface area contributed by atoms with Crippen LogP contribution in [-0.2, 0) is 16.0 Å². The Morgan fingerprint density at radius 2 is 2.08 bits per heavy atom. The zero-order chi connectivity index (χ0) is 18.8. The zero-order valence-electron chi connectivity index (χ0n) is 14.2. The molecule has 0 saturated carbocycles. The SMILES string of the molecule is O=C1CCCc2ccc(C(=O)NC3(CC(F)(F)F)CCCOC3)cc2N1. The van der Waals surface area contributed by atoms with Crippen LogP contribution in [0.15, 0.2) is 18.2 Å². The van der Waals surface area contributed by atoms with Gasteiger partial charge in [-0.3, -0.25) is 9.59 Å². The predicted molar refractivity (Wildman–Crippen MR) is 88.9 cm³/mol. The third-order valence-electron chi connectivity index (χ3n) is 4.74. The fraction of sp³-hybridized carbons (Fsp3) is 0.556. The molecule has 0 aliphatic carbocycles. The number of hydrogen-bond donors (Lipinski definition) is 2. The number of rotatable bonds is 3. The van der Waals surface area contributed by atoms with Crippen molar-refractivity contribution in [3.8, 4) is 0 Å². The minimum Gasteiger partial charge on any atom is -0.379 e. The average molecular weight is 370 g/mol. The van der Waals surface area contributed by atoms with Crippen LogP contribution < -0.4 is 10.6 Å². The number of halogens is 3. The summed E-state index contributed by atoms with van der Waals surface area (Å²) in [5.74, 6) is -0.725. The number of amides is 2. The highest BCUT2D eigenvalue weighted by molar-refractivity contribution is 5.98. The maximum absolute atomic E-state index is 13.0. The van der Waals surface area contributed by atoms with Gasteiger partial charge in [-0.2, -0.15) is 13.2 Å². The molecule has 1 atom stereocenters. The van der Waals surface area contributed by atoms with E-state index in [9.17, 15) is 22.8 Å². The van der Waals surface area contributed by atoms with Crippen LogP contribution in [0.1, 0.15) is 48.0 Å². The Balaban J connectivity index is 1.80. The van der Waals surface area contributed by atoms with E-state index >= 15 is 0 Å². The van der Waals surface area contributed by atoms with Gasteiger partial charge in [0.1, 0.15) is 0 Å². The zero-order valence-corrected chi connectivity index (χ0v) is 14.2. The van der Waals surface area contributed by atoms with Gasteiger partial charge in [-0.15, -0.1) is 0 Å². The first-order valence-corrected chi connectivity index (χ1v) is 8.66. The van der Waals surface area contributed by atoms with E-state index in [1.165, 1.54) is 6.07 Å². The summed E-state index contributed by atoms with van der Waals surface area (Å²) in [6, 6.07) is 4.85. The van der Waals surface area contributed by atoms with Crippen LogP contribution in [0.4, 0.5) is 18.9 Å². The second kappa shape index (κ2) is 7.26. The molecule has 3 rings (SSSR count). The number of fused-ring (bicyclic) bond motifs is 1. The van der Waals surface area contributed by atoms with E-state index in [-0.39, 0.29) is 24.5 Å². The Morgan fingerprint density at radius 3 is 2.77 bits per heavy atom. The summed E-state index contributed by atoms with van der Waals surface area (Å²) in [6.45, 7) is 0.223. The highest BCUT2D eigenvalue weighted by Gasteiger charge is 2.44. The number of aryl methyl sites for hydroxylation is 1. The van der Waals surface area contributed by atoms with Gasteiger partial charge >= 0.3 is 6.18 Å². The highest BCUT2D eigenvalue weighted by atomic mass is 19.4. The molecule has 0 aromatic heterocycles. The summed E-state index contributed by atoms with van der Waals surface area (Å²) in [7, 11) is 0. The lowest BCUT2D eigenvalue weighted by atomic mass is 9.88. The number of anilines is 1. The van der Waals surface area contributed by atoms with Crippen LogP contribution in [0, 0.1) is 0 Å². The Bertz CT molecular complexity index is 697. The van der Waals surface area contributed by atoms with Crippen LogP contribution >= 0.6 is 0 Å². The van der Waals surface area contributed by atoms with Crippen LogP contribution in [0.2, 0.25) is 0 Å². The molecule has 1 saturated heterocycles. The summed E-state index contributed by atoms with van der Waals surface area (Å²) in [5, 5.41) is 5.29. The number of carbonyl (C=O) groups is 2. The summed E-state index contributed by atoms with van der Waals surface area (Å²) in [5.41, 5.74) is 0.227. The number of benzene rings is 1. The summed E-state index contributed by atoms with van der Waals surface area (Å²) in [6.07, 6.45) is -3.04. The molecule has 5 nitrogen and oxygen atoms in total. The van der Waals surface area contributed by atoms with Crippen molar-refractivity contribution >= 4 is 17.5 Å². The predicted octanol–water partition coefficient (Wildman–Crippen LogP) is 3.19. The first kappa shape index (κ1) is 18.7. The maximum Gasteiger partial charge on any atom is 0.391 e. The van der Waals surface area contributed by atoms with E-state index in [2.05, 4.69) is 10.6 Å². The number of alkyl halides is 3. The smallest absolute Gasteiger partial charge is 0.379 e. The fourth-order valence-electron chi connectivity index (χ4n) is 3.54. The molecule has 2 N–H and O–H groups in total. The van der Waals surface area contributed by atoms with Crippen molar-refractivity contribution in [3.05, 3.63) is 29.3 Å². The topological polar surface area (TPSA) is 67.4 Å². The van der Waals surface area contributed by atoms with E-state index in [4.69, 9.17) is 4.74 Å². The van der Waals surface area contributed by atoms with Crippen molar-refractivity contribution in [2.75, 3.05) is 18.5 Å². The quantitative estimate of drug-likeness (QED) is 0.859. The Morgan fingerprint density at radius 1 is 1.27 bits per heavy atom. The molecular formula is C18H21F3N2O3. The molecule has 8 heteroatoms. The Hall–Kier alpha value is -2.09. The third-order valence-corrected chi connectivity index (χ3v) is 4.74. The average Bonchev–Trinajstić information content (AvgIpc) is 2.73. The Kier molecular flexibility index (Phi) is 5.22. The normalized spacial score (nSPS) is 23.6. The summed E-state index contributed by atoms with van der Waals surface area (Å²) < 4.78 is 44.2. The molecule has 0 spiro atoms. The molecule has 26 heavy (non-hydrogen) atoms. The standard InChI is InChI=1S/C18H21F3N2O3/c19-18(20,21)10-17(7-2-8-26-11-17)23-16(25)13-6-5-12-3-1-4-15(24)22-14(12)9-13/h5-6,9H,1-4,7-8,10-11H2,(H,22,24)(H,23,25). The third kappa shape index (κ3) is 4.55. The molecule has 1 unspecified atom stereocenters. The van der Waals surface area contributed by atoms with Gasteiger partial charge in [0, 0.05) is 24.3 Å². The first-order valence-electron chi connectivity index (χ1n) is 8.66. The fourth-order valence-corrected chi connectivity index (χ4v) is 3.54. The minimum absolute atomic E-state index is 0.129. The minimum atomic E-state index is -4.41. The van der Waals surface area contributed by atoms with Crippen molar-refractivity contribution < 1.29 is 27.5 Å². The monoisotopic (exact) mass is 370 g/mol. The molecule has 142 valence electrons. The van der Waals surface area contributed by atoms with Gasteiger partial charge in [-0.25, -0.2) is 0 Å². The van der Waals surface area contributed by atoms with Crippen molar-refractivity contribution in [3.63, 3.8) is 0 Å². The molecule has 2 amide bonds. The lowest BCUT2D eigenvalue weighted by molar-refractivity contribution is -0.160. The molecule has 0 bridgehead atoms. The number of hydrogen-bond acceptors (Lipinski definition) is 3. The number of nitrogens with one attached hydrogen (secondary N) is 2. The molecular weight excluding hydrogens is 349 g/mol. The van der Waals surface area contributed by atoms with Crippen molar-refractivity contribution in [2.45, 2.75) is 50.2 Å². The second-order valence-electron chi connectivity index (χ2n) is 6.96. The van der Waals surface area contributed by atoms with Gasteiger partial charge in [0.15, 0.2) is 0 Å². The highest BCUT2D eigenvalue weighted by Crippen LogP contribution is 2.33. The lowest BCUT2D eigenvalue weighted by Crippen LogP contribution is -2.56. The van der Waals surface area contributed by atoms with Crippen LogP contribution in [0.25, 0.3) is 0 Å². The van der Waals surface area contributed by atoms with Crippen LogP contribution in [-0.4, -0.2) is 36.7 Å². The van der Waals surface area contributed by atoms with E-state index in [0.29, 0.717) is 31.6 Å². The van der Waals surface area contributed by atoms with Crippen molar-refractivity contribution in [2.24, 2.45) is 0 Å². The van der Waals surface area contributed by atoms with Crippen LogP contribution in [0.3, 0.4) is 0 Å². The molecule has 1 aromatic rings. The van der Waals surface area contributed by atoms with Gasteiger partial charge < -0.3 is 15.4 Å². The summed E-state index contributed by atoms with van der Waals surface area (Å²) >= 11 is 0. The number of carbonyl (C=O) groups excluding carboxylic acids is 2. The molecule has 1 fully saturated rings. The molecule has 2 aliphatic heterocycles. The lowest BCUT2D eigenvalue weighted by Gasteiger charge is -2.38. The second-order valence-corrected chi connectivity index (χ2v) is 6.96. The van der Waals surface area contributed by atoms with E-state index in [1.54, 1.807) is 12.1 Å². The molecule has 2 aliphatic rings. The van der Waals surface area contributed by atoms with Gasteiger partial charge in [0.05, 0.1) is 18.6 Å². The Labute approximate surface area is 149 Å². The van der Waals surface area contributed by atoms with Crippen molar-refractivity contribution in [1.82, 2.24) is 5.32 Å². The molecule has 2 heterocycles. The summed E-state index contributed by atoms with van der Waals surface area (Å²) in [4.78, 5) is 24.3. The first-order chi connectivity index (χ1) is 12.3. The van der Waals surface area contributed by atoms with E-state index < -0.39 is 24.0 Å². The van der Waals surface area contributed by atoms with E-state index in [0.717, 1.165) is 12.0 Å². The van der Waals surface area contributed by atoms with Gasteiger partial charge in [-0.05, 0) is 43.4 Å². The van der Waals surface area contributed by atoms with Crippen LogP contribution in [0.5, 0.6) is 0 Å². The largest absolute Gasteiger partial charge is 0.391 e. The molecule has 1 aromatic carbocycles. The van der Waals surface area contributed by atoms with Gasteiger partial charge in [0.25, 0.3) is 5.91 Å². The van der Waals surface area contributed by atoms with Gasteiger partial charge in [0.2, 0.25) is 5.91 Å². The molecule has 0 radical (unpaired) electrons. The van der Waals surface area contributed by atoms with Gasteiger partial charge in [-0.1, -0.05) is 6.07 Å². The number of ether oxygens (including phenoxy) is 1.